The Morgan fingerprint density at radius 1 is 1.67 bits per heavy atom. The van der Waals surface area contributed by atoms with Crippen molar-refractivity contribution in [1.29, 1.82) is 0 Å². The van der Waals surface area contributed by atoms with Gasteiger partial charge in [-0.2, -0.15) is 0 Å². The Morgan fingerprint density at radius 3 is 2.75 bits per heavy atom. The molecule has 1 rings (SSSR count). The van der Waals surface area contributed by atoms with Crippen LogP contribution in [0.3, 0.4) is 0 Å². The number of carboxylic acid groups (broad SMARTS) is 1. The first-order valence-electron chi connectivity index (χ1n) is 3.41. The van der Waals surface area contributed by atoms with E-state index in [0.29, 0.717) is 5.69 Å². The molecule has 0 atom stereocenters. The van der Waals surface area contributed by atoms with Gasteiger partial charge in [-0.1, -0.05) is 5.21 Å². The van der Waals surface area contributed by atoms with Crippen LogP contribution >= 0.6 is 0 Å². The van der Waals surface area contributed by atoms with Gasteiger partial charge in [0.25, 0.3) is 0 Å². The van der Waals surface area contributed by atoms with Crippen molar-refractivity contribution in [3.63, 3.8) is 0 Å². The van der Waals surface area contributed by atoms with Gasteiger partial charge in [-0.3, -0.25) is 0 Å². The summed E-state index contributed by atoms with van der Waals surface area (Å²) in [4.78, 5) is 10.5. The highest BCUT2D eigenvalue weighted by Crippen LogP contribution is 2.02. The lowest BCUT2D eigenvalue weighted by molar-refractivity contribution is 0.0689. The predicted molar refractivity (Wildman–Crippen MR) is 38.8 cm³/mol. The molecule has 0 aliphatic heterocycles. The van der Waals surface area contributed by atoms with E-state index in [2.05, 4.69) is 10.3 Å². The highest BCUT2D eigenvalue weighted by Gasteiger charge is 2.13. The number of hydrogen-bond acceptors (Lipinski definition) is 4. The molecule has 0 saturated heterocycles. The Bertz CT molecular complexity index is 294. The van der Waals surface area contributed by atoms with E-state index >= 15 is 0 Å². The van der Waals surface area contributed by atoms with Crippen molar-refractivity contribution in [3.8, 4) is 0 Å². The van der Waals surface area contributed by atoms with Gasteiger partial charge in [-0.25, -0.2) is 9.48 Å². The standard InChI is InChI=1S/C6H9N3O3/c1-4-5(6(11)12)7-8-9(4)2-3-10/h10H,2-3H2,1H3,(H,11,12). The molecule has 1 aromatic heterocycles. The summed E-state index contributed by atoms with van der Waals surface area (Å²) in [5, 5.41) is 24.1. The van der Waals surface area contributed by atoms with Crippen LogP contribution in [0.5, 0.6) is 0 Å². The minimum Gasteiger partial charge on any atom is -0.476 e. The van der Waals surface area contributed by atoms with Gasteiger partial charge in [-0.05, 0) is 6.92 Å². The van der Waals surface area contributed by atoms with Gasteiger partial charge >= 0.3 is 5.97 Å². The van der Waals surface area contributed by atoms with Crippen LogP contribution in [0.25, 0.3) is 0 Å². The Morgan fingerprint density at radius 2 is 2.33 bits per heavy atom. The normalized spacial score (nSPS) is 10.2. The molecule has 0 bridgehead atoms. The number of aromatic nitrogens is 3. The Balaban J connectivity index is 2.96. The maximum absolute atomic E-state index is 10.5. The average molecular weight is 171 g/mol. The minimum atomic E-state index is -1.10. The highest BCUT2D eigenvalue weighted by atomic mass is 16.4. The second kappa shape index (κ2) is 3.31. The first-order chi connectivity index (χ1) is 5.66. The predicted octanol–water partition coefficient (Wildman–Crippen LogP) is -0.723. The van der Waals surface area contributed by atoms with Gasteiger partial charge in [0, 0.05) is 0 Å². The van der Waals surface area contributed by atoms with Crippen LogP contribution in [0.1, 0.15) is 16.2 Å². The molecule has 66 valence electrons. The Labute approximate surface area is 68.4 Å². The van der Waals surface area contributed by atoms with Crippen LogP contribution in [-0.2, 0) is 6.54 Å². The second-order valence-electron chi connectivity index (χ2n) is 2.28. The number of rotatable bonds is 3. The molecule has 0 aliphatic rings. The van der Waals surface area contributed by atoms with Gasteiger partial charge in [0.1, 0.15) is 0 Å². The van der Waals surface area contributed by atoms with Crippen molar-refractivity contribution in [1.82, 2.24) is 15.0 Å². The summed E-state index contributed by atoms with van der Waals surface area (Å²) < 4.78 is 1.35. The summed E-state index contributed by atoms with van der Waals surface area (Å²) in [6, 6.07) is 0. The largest absolute Gasteiger partial charge is 0.476 e. The molecule has 0 saturated carbocycles. The average Bonchev–Trinajstić information content (AvgIpc) is 2.34. The summed E-state index contributed by atoms with van der Waals surface area (Å²) >= 11 is 0. The van der Waals surface area contributed by atoms with E-state index in [9.17, 15) is 4.79 Å². The lowest BCUT2D eigenvalue weighted by atomic mass is 10.3. The van der Waals surface area contributed by atoms with Gasteiger partial charge in [0.15, 0.2) is 5.69 Å². The summed E-state index contributed by atoms with van der Waals surface area (Å²) in [6.07, 6.45) is 0. The van der Waals surface area contributed by atoms with Gasteiger partial charge < -0.3 is 10.2 Å². The molecule has 2 N–H and O–H groups in total. The third-order valence-corrected chi connectivity index (χ3v) is 1.50. The smallest absolute Gasteiger partial charge is 0.358 e. The molecular weight excluding hydrogens is 162 g/mol. The molecule has 0 amide bonds. The molecule has 12 heavy (non-hydrogen) atoms. The zero-order chi connectivity index (χ0) is 9.14. The molecule has 0 fully saturated rings. The van der Waals surface area contributed by atoms with Crippen molar-refractivity contribution < 1.29 is 15.0 Å². The van der Waals surface area contributed by atoms with Crippen LogP contribution in [0.4, 0.5) is 0 Å². The van der Waals surface area contributed by atoms with Crippen molar-refractivity contribution in [2.75, 3.05) is 6.61 Å². The summed E-state index contributed by atoms with van der Waals surface area (Å²) in [7, 11) is 0. The van der Waals surface area contributed by atoms with E-state index in [0.717, 1.165) is 0 Å². The highest BCUT2D eigenvalue weighted by molar-refractivity contribution is 5.86. The lowest BCUT2D eigenvalue weighted by Gasteiger charge is -1.97. The van der Waals surface area contributed by atoms with Gasteiger partial charge in [0.2, 0.25) is 0 Å². The number of carboxylic acids is 1. The second-order valence-corrected chi connectivity index (χ2v) is 2.28. The van der Waals surface area contributed by atoms with Crippen molar-refractivity contribution >= 4 is 5.97 Å². The zero-order valence-corrected chi connectivity index (χ0v) is 6.56. The molecule has 6 nitrogen and oxygen atoms in total. The molecule has 1 aromatic rings. The first-order valence-corrected chi connectivity index (χ1v) is 3.41. The summed E-state index contributed by atoms with van der Waals surface area (Å²) in [6.45, 7) is 1.79. The van der Waals surface area contributed by atoms with E-state index in [4.69, 9.17) is 10.2 Å². The quantitative estimate of drug-likeness (QED) is 0.626. The number of aromatic carboxylic acids is 1. The molecule has 0 aromatic carbocycles. The molecule has 0 radical (unpaired) electrons. The molecular formula is C6H9N3O3. The maximum Gasteiger partial charge on any atom is 0.358 e. The number of hydrogen-bond donors (Lipinski definition) is 2. The lowest BCUT2D eigenvalue weighted by Crippen LogP contribution is -2.07. The molecule has 0 spiro atoms. The monoisotopic (exact) mass is 171 g/mol. The topological polar surface area (TPSA) is 88.2 Å². The minimum absolute atomic E-state index is 0.0662. The van der Waals surface area contributed by atoms with E-state index in [-0.39, 0.29) is 18.8 Å². The Hall–Kier alpha value is -1.43. The molecule has 0 unspecified atom stereocenters. The van der Waals surface area contributed by atoms with Crippen LogP contribution in [0.15, 0.2) is 0 Å². The first kappa shape index (κ1) is 8.66. The third-order valence-electron chi connectivity index (χ3n) is 1.50. The maximum atomic E-state index is 10.5. The van der Waals surface area contributed by atoms with Crippen molar-refractivity contribution in [2.45, 2.75) is 13.5 Å². The summed E-state index contributed by atoms with van der Waals surface area (Å²) in [5.74, 6) is -1.10. The fourth-order valence-electron chi connectivity index (χ4n) is 0.865. The van der Waals surface area contributed by atoms with Gasteiger partial charge in [0.05, 0.1) is 18.8 Å². The van der Waals surface area contributed by atoms with E-state index in [1.54, 1.807) is 6.92 Å². The fourth-order valence-corrected chi connectivity index (χ4v) is 0.865. The van der Waals surface area contributed by atoms with Crippen LogP contribution < -0.4 is 0 Å². The van der Waals surface area contributed by atoms with Crippen LogP contribution in [-0.4, -0.2) is 37.8 Å². The summed E-state index contributed by atoms with van der Waals surface area (Å²) in [5.41, 5.74) is 0.389. The van der Waals surface area contributed by atoms with Crippen molar-refractivity contribution in [3.05, 3.63) is 11.4 Å². The number of aliphatic hydroxyl groups is 1. The van der Waals surface area contributed by atoms with E-state index in [1.807, 2.05) is 0 Å². The third kappa shape index (κ3) is 1.42. The number of nitrogens with zero attached hydrogens (tertiary/aromatic N) is 3. The SMILES string of the molecule is Cc1c(C(=O)O)nnn1CCO. The fraction of sp³-hybridized carbons (Fsp3) is 0.500. The number of carbonyl (C=O) groups is 1. The molecule has 1 heterocycles. The molecule has 6 heteroatoms. The zero-order valence-electron chi connectivity index (χ0n) is 6.56. The molecule has 0 aliphatic carbocycles. The van der Waals surface area contributed by atoms with E-state index in [1.165, 1.54) is 4.68 Å². The van der Waals surface area contributed by atoms with Gasteiger partial charge in [-0.15, -0.1) is 5.10 Å². The number of aliphatic hydroxyl groups excluding tert-OH is 1. The van der Waals surface area contributed by atoms with Crippen molar-refractivity contribution in [2.24, 2.45) is 0 Å². The van der Waals surface area contributed by atoms with E-state index < -0.39 is 5.97 Å². The van der Waals surface area contributed by atoms with Crippen LogP contribution in [0.2, 0.25) is 0 Å². The van der Waals surface area contributed by atoms with Crippen LogP contribution in [0, 0.1) is 6.92 Å². The Kier molecular flexibility index (Phi) is 2.39.